The van der Waals surface area contributed by atoms with Gasteiger partial charge in [-0.3, -0.25) is 14.6 Å². The summed E-state index contributed by atoms with van der Waals surface area (Å²) in [5.74, 6) is -1.12. The van der Waals surface area contributed by atoms with Crippen LogP contribution in [0, 0.1) is 0 Å². The van der Waals surface area contributed by atoms with Crippen LogP contribution in [0.5, 0.6) is 0 Å². The number of aliphatic carboxylic acids is 1. The van der Waals surface area contributed by atoms with E-state index in [1.54, 1.807) is 31.5 Å². The topological polar surface area (TPSA) is 79.3 Å². The minimum atomic E-state index is -0.953. The van der Waals surface area contributed by atoms with Crippen LogP contribution in [0.4, 0.5) is 0 Å². The molecule has 0 aromatic carbocycles. The molecule has 0 saturated carbocycles. The van der Waals surface area contributed by atoms with Crippen molar-refractivity contribution in [3.63, 3.8) is 0 Å². The van der Waals surface area contributed by atoms with Crippen molar-refractivity contribution in [2.24, 2.45) is 0 Å². The van der Waals surface area contributed by atoms with E-state index < -0.39 is 12.0 Å². The standard InChI is InChI=1S/C11H14N2O3/c1-2-10(14)13-9(6-11(15)16)8-4-3-5-12-7-8/h3-5,7,9H,2,6H2,1H3,(H,13,14)(H,15,16). The van der Waals surface area contributed by atoms with Crippen LogP contribution >= 0.6 is 0 Å². The molecule has 0 radical (unpaired) electrons. The van der Waals surface area contributed by atoms with E-state index in [1.165, 1.54) is 0 Å². The molecular weight excluding hydrogens is 208 g/mol. The average Bonchev–Trinajstić information content (AvgIpc) is 2.28. The Morgan fingerprint density at radius 3 is 2.81 bits per heavy atom. The molecule has 86 valence electrons. The van der Waals surface area contributed by atoms with Gasteiger partial charge in [0.15, 0.2) is 0 Å². The molecule has 1 heterocycles. The summed E-state index contributed by atoms with van der Waals surface area (Å²) in [4.78, 5) is 25.8. The lowest BCUT2D eigenvalue weighted by Gasteiger charge is -2.16. The molecule has 16 heavy (non-hydrogen) atoms. The van der Waals surface area contributed by atoms with Crippen LogP contribution in [0.2, 0.25) is 0 Å². The summed E-state index contributed by atoms with van der Waals surface area (Å²) in [7, 11) is 0. The Morgan fingerprint density at radius 1 is 1.56 bits per heavy atom. The number of carbonyl (C=O) groups excluding carboxylic acids is 1. The van der Waals surface area contributed by atoms with Gasteiger partial charge in [0, 0.05) is 18.8 Å². The molecule has 0 aliphatic carbocycles. The fourth-order valence-electron chi connectivity index (χ4n) is 1.31. The lowest BCUT2D eigenvalue weighted by atomic mass is 10.1. The first-order valence-electron chi connectivity index (χ1n) is 5.04. The van der Waals surface area contributed by atoms with Gasteiger partial charge in [0.25, 0.3) is 0 Å². The van der Waals surface area contributed by atoms with Crippen molar-refractivity contribution in [3.05, 3.63) is 30.1 Å². The fourth-order valence-corrected chi connectivity index (χ4v) is 1.31. The second-order valence-electron chi connectivity index (χ2n) is 3.36. The highest BCUT2D eigenvalue weighted by atomic mass is 16.4. The van der Waals surface area contributed by atoms with Gasteiger partial charge in [-0.25, -0.2) is 0 Å². The monoisotopic (exact) mass is 222 g/mol. The lowest BCUT2D eigenvalue weighted by molar-refractivity contribution is -0.137. The molecule has 1 unspecified atom stereocenters. The number of carboxylic acids is 1. The summed E-state index contributed by atoms with van der Waals surface area (Å²) in [6.45, 7) is 1.72. The number of carboxylic acid groups (broad SMARTS) is 1. The van der Waals surface area contributed by atoms with E-state index >= 15 is 0 Å². The summed E-state index contributed by atoms with van der Waals surface area (Å²) in [6.07, 6.45) is 3.35. The SMILES string of the molecule is CCC(=O)NC(CC(=O)O)c1cccnc1. The number of rotatable bonds is 5. The molecule has 1 rings (SSSR count). The fraction of sp³-hybridized carbons (Fsp3) is 0.364. The van der Waals surface area contributed by atoms with Crippen molar-refractivity contribution >= 4 is 11.9 Å². The highest BCUT2D eigenvalue weighted by Crippen LogP contribution is 2.15. The third-order valence-electron chi connectivity index (χ3n) is 2.12. The van der Waals surface area contributed by atoms with Gasteiger partial charge in [0.1, 0.15) is 0 Å². The van der Waals surface area contributed by atoms with Crippen molar-refractivity contribution < 1.29 is 14.7 Å². The average molecular weight is 222 g/mol. The van der Waals surface area contributed by atoms with Crippen LogP contribution in [0.15, 0.2) is 24.5 Å². The number of nitrogens with zero attached hydrogens (tertiary/aromatic N) is 1. The van der Waals surface area contributed by atoms with E-state index in [0.29, 0.717) is 12.0 Å². The van der Waals surface area contributed by atoms with Gasteiger partial charge in [-0.05, 0) is 11.6 Å². The quantitative estimate of drug-likeness (QED) is 0.782. The van der Waals surface area contributed by atoms with E-state index in [9.17, 15) is 9.59 Å². The molecule has 1 aromatic rings. The smallest absolute Gasteiger partial charge is 0.305 e. The maximum atomic E-state index is 11.3. The van der Waals surface area contributed by atoms with Crippen LogP contribution in [-0.4, -0.2) is 22.0 Å². The zero-order chi connectivity index (χ0) is 12.0. The zero-order valence-corrected chi connectivity index (χ0v) is 9.01. The molecule has 1 aromatic heterocycles. The first kappa shape index (κ1) is 12.2. The van der Waals surface area contributed by atoms with E-state index in [1.807, 2.05) is 0 Å². The van der Waals surface area contributed by atoms with Gasteiger partial charge < -0.3 is 10.4 Å². The number of carbonyl (C=O) groups is 2. The number of aromatic nitrogens is 1. The Morgan fingerprint density at radius 2 is 2.31 bits per heavy atom. The maximum Gasteiger partial charge on any atom is 0.305 e. The normalized spacial score (nSPS) is 11.8. The van der Waals surface area contributed by atoms with Gasteiger partial charge in [-0.15, -0.1) is 0 Å². The number of nitrogens with one attached hydrogen (secondary N) is 1. The van der Waals surface area contributed by atoms with Crippen molar-refractivity contribution in [2.75, 3.05) is 0 Å². The summed E-state index contributed by atoms with van der Waals surface area (Å²) < 4.78 is 0. The first-order chi connectivity index (χ1) is 7.63. The van der Waals surface area contributed by atoms with Gasteiger partial charge in [0.05, 0.1) is 12.5 Å². The van der Waals surface area contributed by atoms with Crippen molar-refractivity contribution in [1.29, 1.82) is 0 Å². The predicted octanol–water partition coefficient (Wildman–Crippen LogP) is 1.12. The molecule has 0 spiro atoms. The molecule has 1 atom stereocenters. The summed E-state index contributed by atoms with van der Waals surface area (Å²) in [5.41, 5.74) is 0.701. The molecule has 0 aliphatic rings. The molecule has 0 aliphatic heterocycles. The van der Waals surface area contributed by atoms with Crippen molar-refractivity contribution in [2.45, 2.75) is 25.8 Å². The zero-order valence-electron chi connectivity index (χ0n) is 9.01. The van der Waals surface area contributed by atoms with Gasteiger partial charge in [0.2, 0.25) is 5.91 Å². The summed E-state index contributed by atoms with van der Waals surface area (Å²) in [6, 6.07) is 2.94. The lowest BCUT2D eigenvalue weighted by Crippen LogP contribution is -2.29. The molecule has 0 bridgehead atoms. The number of hydrogen-bond donors (Lipinski definition) is 2. The Balaban J connectivity index is 2.79. The Kier molecular flexibility index (Phi) is 4.44. The van der Waals surface area contributed by atoms with E-state index in [-0.39, 0.29) is 12.3 Å². The Bertz CT molecular complexity index is 365. The highest BCUT2D eigenvalue weighted by molar-refractivity contribution is 5.77. The molecule has 0 fully saturated rings. The molecule has 0 saturated heterocycles. The van der Waals surface area contributed by atoms with Crippen molar-refractivity contribution in [3.8, 4) is 0 Å². The summed E-state index contributed by atoms with van der Waals surface area (Å²) >= 11 is 0. The molecule has 2 N–H and O–H groups in total. The second kappa shape index (κ2) is 5.85. The molecule has 1 amide bonds. The van der Waals surface area contributed by atoms with Crippen LogP contribution < -0.4 is 5.32 Å². The molecule has 5 heteroatoms. The van der Waals surface area contributed by atoms with Gasteiger partial charge >= 0.3 is 5.97 Å². The number of hydrogen-bond acceptors (Lipinski definition) is 3. The minimum Gasteiger partial charge on any atom is -0.481 e. The van der Waals surface area contributed by atoms with E-state index in [4.69, 9.17) is 5.11 Å². The third-order valence-corrected chi connectivity index (χ3v) is 2.12. The second-order valence-corrected chi connectivity index (χ2v) is 3.36. The number of amides is 1. The predicted molar refractivity (Wildman–Crippen MR) is 57.7 cm³/mol. The number of pyridine rings is 1. The molecule has 5 nitrogen and oxygen atoms in total. The Labute approximate surface area is 93.5 Å². The molecular formula is C11H14N2O3. The third kappa shape index (κ3) is 3.68. The maximum absolute atomic E-state index is 11.3. The highest BCUT2D eigenvalue weighted by Gasteiger charge is 2.17. The van der Waals surface area contributed by atoms with Gasteiger partial charge in [-0.1, -0.05) is 13.0 Å². The van der Waals surface area contributed by atoms with E-state index in [2.05, 4.69) is 10.3 Å². The Hall–Kier alpha value is -1.91. The van der Waals surface area contributed by atoms with Crippen LogP contribution in [0.3, 0.4) is 0 Å². The largest absolute Gasteiger partial charge is 0.481 e. The van der Waals surface area contributed by atoms with Crippen LogP contribution in [-0.2, 0) is 9.59 Å². The minimum absolute atomic E-state index is 0.141. The van der Waals surface area contributed by atoms with Crippen LogP contribution in [0.25, 0.3) is 0 Å². The van der Waals surface area contributed by atoms with Crippen LogP contribution in [0.1, 0.15) is 31.4 Å². The first-order valence-corrected chi connectivity index (χ1v) is 5.04. The van der Waals surface area contributed by atoms with Crippen molar-refractivity contribution in [1.82, 2.24) is 10.3 Å². The van der Waals surface area contributed by atoms with E-state index in [0.717, 1.165) is 0 Å². The van der Waals surface area contributed by atoms with Gasteiger partial charge in [-0.2, -0.15) is 0 Å². The summed E-state index contributed by atoms with van der Waals surface area (Å²) in [5, 5.41) is 11.4.